The smallest absolute Gasteiger partial charge is 0.337 e. The van der Waals surface area contributed by atoms with E-state index in [0.29, 0.717) is 16.3 Å². The van der Waals surface area contributed by atoms with Crippen LogP contribution in [0.1, 0.15) is 40.0 Å². The molecule has 0 saturated carbocycles. The Hall–Kier alpha value is -4.15. The summed E-state index contributed by atoms with van der Waals surface area (Å²) >= 11 is 6.30. The second-order valence-corrected chi connectivity index (χ2v) is 8.22. The molecule has 0 aliphatic carbocycles. The van der Waals surface area contributed by atoms with Crippen molar-refractivity contribution in [2.45, 2.75) is 19.9 Å². The summed E-state index contributed by atoms with van der Waals surface area (Å²) in [6.07, 6.45) is 0. The van der Waals surface area contributed by atoms with Crippen molar-refractivity contribution in [1.29, 1.82) is 5.26 Å². The van der Waals surface area contributed by atoms with Gasteiger partial charge >= 0.3 is 5.97 Å². The standard InChI is InChI=1S/C26H18ClFN2O4/c1-13-23(31)20-11-16(27)10-19(14(2)30-22-6-4-3-5-18(22)26(32)33)25(20)34-24(13)17-8-7-15(12-29)9-21(17)28/h3-11,14,30H,1-2H3,(H,32,33)/t14-/m1/s1. The van der Waals surface area contributed by atoms with Crippen LogP contribution in [0.5, 0.6) is 0 Å². The van der Waals surface area contributed by atoms with E-state index in [1.807, 2.05) is 6.07 Å². The average molecular weight is 477 g/mol. The van der Waals surface area contributed by atoms with Gasteiger partial charge in [0.2, 0.25) is 0 Å². The topological polar surface area (TPSA) is 103 Å². The minimum atomic E-state index is -1.09. The number of aromatic carboxylic acids is 1. The Morgan fingerprint density at radius 1 is 1.21 bits per heavy atom. The van der Waals surface area contributed by atoms with Gasteiger partial charge in [0.05, 0.1) is 34.2 Å². The fraction of sp³-hybridized carbons (Fsp3) is 0.115. The number of hydrogen-bond acceptors (Lipinski definition) is 5. The highest BCUT2D eigenvalue weighted by Crippen LogP contribution is 2.34. The van der Waals surface area contributed by atoms with E-state index in [1.54, 1.807) is 31.2 Å². The van der Waals surface area contributed by atoms with Crippen molar-refractivity contribution in [2.75, 3.05) is 5.32 Å². The van der Waals surface area contributed by atoms with Crippen LogP contribution < -0.4 is 10.7 Å². The first-order chi connectivity index (χ1) is 16.2. The molecule has 34 heavy (non-hydrogen) atoms. The molecule has 0 fully saturated rings. The number of rotatable bonds is 5. The summed E-state index contributed by atoms with van der Waals surface area (Å²) in [5, 5.41) is 22.2. The van der Waals surface area contributed by atoms with Gasteiger partial charge in [0.15, 0.2) is 5.43 Å². The van der Waals surface area contributed by atoms with Crippen molar-refractivity contribution in [3.8, 4) is 17.4 Å². The number of benzene rings is 3. The van der Waals surface area contributed by atoms with Gasteiger partial charge in [-0.15, -0.1) is 0 Å². The van der Waals surface area contributed by atoms with E-state index in [2.05, 4.69) is 5.32 Å². The molecule has 1 aromatic heterocycles. The number of fused-ring (bicyclic) bond motifs is 1. The van der Waals surface area contributed by atoms with Crippen molar-refractivity contribution in [2.24, 2.45) is 0 Å². The van der Waals surface area contributed by atoms with E-state index in [4.69, 9.17) is 21.3 Å². The molecular weight excluding hydrogens is 459 g/mol. The number of halogens is 2. The minimum absolute atomic E-state index is 0.0428. The predicted octanol–water partition coefficient (Wildman–Crippen LogP) is 6.30. The van der Waals surface area contributed by atoms with E-state index in [1.165, 1.54) is 31.2 Å². The van der Waals surface area contributed by atoms with Gasteiger partial charge in [-0.05, 0) is 56.3 Å². The molecule has 0 spiro atoms. The monoisotopic (exact) mass is 476 g/mol. The molecule has 0 aliphatic rings. The number of carboxylic acids is 1. The summed E-state index contributed by atoms with van der Waals surface area (Å²) in [5.74, 6) is -1.74. The van der Waals surface area contributed by atoms with Gasteiger partial charge in [0.25, 0.3) is 0 Å². The molecule has 0 saturated heterocycles. The Balaban J connectivity index is 1.91. The van der Waals surface area contributed by atoms with E-state index in [-0.39, 0.29) is 44.4 Å². The molecular formula is C26H18ClFN2O4. The highest BCUT2D eigenvalue weighted by Gasteiger charge is 2.22. The van der Waals surface area contributed by atoms with Crippen LogP contribution in [0.2, 0.25) is 5.02 Å². The summed E-state index contributed by atoms with van der Waals surface area (Å²) < 4.78 is 20.9. The van der Waals surface area contributed by atoms with Gasteiger partial charge in [-0.2, -0.15) is 5.26 Å². The summed E-state index contributed by atoms with van der Waals surface area (Å²) in [6.45, 7) is 3.30. The lowest BCUT2D eigenvalue weighted by Crippen LogP contribution is -2.13. The van der Waals surface area contributed by atoms with Crippen LogP contribution >= 0.6 is 11.6 Å². The van der Waals surface area contributed by atoms with Crippen LogP contribution in [0.15, 0.2) is 63.8 Å². The fourth-order valence-corrected chi connectivity index (χ4v) is 4.06. The third kappa shape index (κ3) is 4.12. The first kappa shape index (κ1) is 23.0. The quantitative estimate of drug-likeness (QED) is 0.350. The van der Waals surface area contributed by atoms with Gasteiger partial charge < -0.3 is 14.8 Å². The number of nitrogens with zero attached hydrogens (tertiary/aromatic N) is 1. The van der Waals surface area contributed by atoms with Gasteiger partial charge in [-0.25, -0.2) is 9.18 Å². The molecule has 1 atom stereocenters. The number of nitrogens with one attached hydrogen (secondary N) is 1. The maximum absolute atomic E-state index is 14.8. The molecule has 4 aromatic rings. The van der Waals surface area contributed by atoms with Crippen LogP contribution in [0.4, 0.5) is 10.1 Å². The normalized spacial score (nSPS) is 11.7. The summed E-state index contributed by atoms with van der Waals surface area (Å²) in [7, 11) is 0. The first-order valence-electron chi connectivity index (χ1n) is 10.3. The highest BCUT2D eigenvalue weighted by molar-refractivity contribution is 6.31. The third-order valence-electron chi connectivity index (χ3n) is 5.55. The number of hydrogen-bond donors (Lipinski definition) is 2. The molecule has 0 bridgehead atoms. The van der Waals surface area contributed by atoms with Crippen molar-refractivity contribution >= 4 is 34.2 Å². The Morgan fingerprint density at radius 2 is 1.94 bits per heavy atom. The van der Waals surface area contributed by atoms with Crippen molar-refractivity contribution in [1.82, 2.24) is 0 Å². The maximum Gasteiger partial charge on any atom is 0.337 e. The number of para-hydroxylation sites is 1. The number of nitriles is 1. The lowest BCUT2D eigenvalue weighted by molar-refractivity contribution is 0.0698. The molecule has 0 amide bonds. The number of carbonyl (C=O) groups is 1. The summed E-state index contributed by atoms with van der Waals surface area (Å²) in [5.41, 5.74) is 1.17. The number of carboxylic acid groups (broad SMARTS) is 1. The van der Waals surface area contributed by atoms with Crippen LogP contribution in [-0.4, -0.2) is 11.1 Å². The molecule has 0 unspecified atom stereocenters. The lowest BCUT2D eigenvalue weighted by atomic mass is 10.00. The molecule has 2 N–H and O–H groups in total. The predicted molar refractivity (Wildman–Crippen MR) is 128 cm³/mol. The number of anilines is 1. The average Bonchev–Trinajstić information content (AvgIpc) is 2.81. The Morgan fingerprint density at radius 3 is 2.62 bits per heavy atom. The molecule has 8 heteroatoms. The zero-order valence-electron chi connectivity index (χ0n) is 18.1. The van der Waals surface area contributed by atoms with Gasteiger partial charge in [-0.1, -0.05) is 23.7 Å². The minimum Gasteiger partial charge on any atom is -0.478 e. The van der Waals surface area contributed by atoms with Crippen molar-refractivity contribution in [3.05, 3.63) is 97.9 Å². The Kier molecular flexibility index (Phi) is 6.10. The molecule has 1 heterocycles. The van der Waals surface area contributed by atoms with Crippen LogP contribution in [-0.2, 0) is 0 Å². The summed E-state index contributed by atoms with van der Waals surface area (Å²) in [4.78, 5) is 24.8. The van der Waals surface area contributed by atoms with E-state index < -0.39 is 17.8 Å². The van der Waals surface area contributed by atoms with Crippen LogP contribution in [0, 0.1) is 24.1 Å². The SMILES string of the molecule is Cc1c(-c2ccc(C#N)cc2F)oc2c([C@@H](C)Nc3ccccc3C(=O)O)cc(Cl)cc2c1=O. The zero-order chi connectivity index (χ0) is 24.6. The first-order valence-corrected chi connectivity index (χ1v) is 10.6. The van der Waals surface area contributed by atoms with Gasteiger partial charge in [0.1, 0.15) is 17.2 Å². The Labute approximate surface area is 198 Å². The van der Waals surface area contributed by atoms with Gasteiger partial charge in [-0.3, -0.25) is 4.79 Å². The zero-order valence-corrected chi connectivity index (χ0v) is 18.9. The van der Waals surface area contributed by atoms with E-state index >= 15 is 0 Å². The van der Waals surface area contributed by atoms with Gasteiger partial charge in [0, 0.05) is 21.8 Å². The van der Waals surface area contributed by atoms with Crippen molar-refractivity contribution < 1.29 is 18.7 Å². The van der Waals surface area contributed by atoms with E-state index in [9.17, 15) is 19.1 Å². The molecule has 170 valence electrons. The van der Waals surface area contributed by atoms with Crippen molar-refractivity contribution in [3.63, 3.8) is 0 Å². The molecule has 4 rings (SSSR count). The summed E-state index contributed by atoms with van der Waals surface area (Å²) in [6, 6.07) is 14.8. The lowest BCUT2D eigenvalue weighted by Gasteiger charge is -2.19. The second kappa shape index (κ2) is 9.00. The molecule has 0 radical (unpaired) electrons. The molecule has 6 nitrogen and oxygen atoms in total. The second-order valence-electron chi connectivity index (χ2n) is 7.78. The Bertz CT molecular complexity index is 1560. The maximum atomic E-state index is 14.8. The van der Waals surface area contributed by atoms with Crippen LogP contribution in [0.3, 0.4) is 0 Å². The van der Waals surface area contributed by atoms with E-state index in [0.717, 1.165) is 6.07 Å². The fourth-order valence-electron chi connectivity index (χ4n) is 3.83. The van der Waals surface area contributed by atoms with Crippen LogP contribution in [0.25, 0.3) is 22.3 Å². The molecule has 3 aromatic carbocycles. The third-order valence-corrected chi connectivity index (χ3v) is 5.77. The highest BCUT2D eigenvalue weighted by atomic mass is 35.5. The molecule has 0 aliphatic heterocycles. The largest absolute Gasteiger partial charge is 0.478 e.